The zero-order valence-corrected chi connectivity index (χ0v) is 12.1. The van der Waals surface area contributed by atoms with Gasteiger partial charge in [-0.25, -0.2) is 0 Å². The molecule has 0 radical (unpaired) electrons. The molecule has 0 bridgehead atoms. The number of nitrogens with two attached hydrogens (primary N) is 1. The van der Waals surface area contributed by atoms with Gasteiger partial charge in [-0.3, -0.25) is 4.79 Å². The largest absolute Gasteiger partial charge is 0.356 e. The highest BCUT2D eigenvalue weighted by Crippen LogP contribution is 2.14. The quantitative estimate of drug-likeness (QED) is 0.687. The Kier molecular flexibility index (Phi) is 8.23. The van der Waals surface area contributed by atoms with E-state index in [0.29, 0.717) is 36.6 Å². The minimum atomic E-state index is 0.147. The van der Waals surface area contributed by atoms with Crippen molar-refractivity contribution in [2.45, 2.75) is 47.5 Å². The van der Waals surface area contributed by atoms with Gasteiger partial charge in [0.2, 0.25) is 5.91 Å². The first kappa shape index (κ1) is 16.4. The first-order valence-electron chi connectivity index (χ1n) is 6.83. The van der Waals surface area contributed by atoms with Gasteiger partial charge in [-0.15, -0.1) is 0 Å². The Morgan fingerprint density at radius 1 is 1.18 bits per heavy atom. The molecule has 17 heavy (non-hydrogen) atoms. The molecule has 102 valence electrons. The van der Waals surface area contributed by atoms with Gasteiger partial charge in [0.1, 0.15) is 0 Å². The molecule has 0 heterocycles. The lowest BCUT2D eigenvalue weighted by Crippen LogP contribution is -2.33. The lowest BCUT2D eigenvalue weighted by molar-refractivity contribution is -0.122. The van der Waals surface area contributed by atoms with Crippen molar-refractivity contribution >= 4 is 5.91 Å². The van der Waals surface area contributed by atoms with Gasteiger partial charge in [-0.2, -0.15) is 0 Å². The third-order valence-electron chi connectivity index (χ3n) is 3.37. The van der Waals surface area contributed by atoms with E-state index in [9.17, 15) is 4.79 Å². The maximum atomic E-state index is 11.8. The van der Waals surface area contributed by atoms with Crippen molar-refractivity contribution < 1.29 is 4.79 Å². The number of nitrogens with one attached hydrogen (secondary N) is 1. The van der Waals surface area contributed by atoms with E-state index < -0.39 is 0 Å². The van der Waals surface area contributed by atoms with Crippen LogP contribution in [-0.2, 0) is 4.79 Å². The van der Waals surface area contributed by atoms with E-state index in [4.69, 9.17) is 5.73 Å². The van der Waals surface area contributed by atoms with E-state index in [1.165, 1.54) is 0 Å². The molecule has 0 aliphatic rings. The van der Waals surface area contributed by atoms with Gasteiger partial charge in [0, 0.05) is 13.0 Å². The third kappa shape index (κ3) is 8.19. The van der Waals surface area contributed by atoms with E-state index in [1.807, 2.05) is 0 Å². The Balaban J connectivity index is 3.90. The van der Waals surface area contributed by atoms with Gasteiger partial charge in [0.15, 0.2) is 0 Å². The minimum Gasteiger partial charge on any atom is -0.356 e. The van der Waals surface area contributed by atoms with Crippen LogP contribution in [0.2, 0.25) is 0 Å². The van der Waals surface area contributed by atoms with Crippen molar-refractivity contribution in [3.63, 3.8) is 0 Å². The molecule has 3 N–H and O–H groups in total. The van der Waals surface area contributed by atoms with E-state index in [1.54, 1.807) is 0 Å². The lowest BCUT2D eigenvalue weighted by Gasteiger charge is -2.19. The second-order valence-corrected chi connectivity index (χ2v) is 5.96. The highest BCUT2D eigenvalue weighted by atomic mass is 16.1. The predicted octanol–water partition coefficient (Wildman–Crippen LogP) is 2.41. The summed E-state index contributed by atoms with van der Waals surface area (Å²) in [4.78, 5) is 11.8. The maximum Gasteiger partial charge on any atom is 0.220 e. The predicted molar refractivity (Wildman–Crippen MR) is 73.6 cm³/mol. The van der Waals surface area contributed by atoms with E-state index in [2.05, 4.69) is 39.9 Å². The minimum absolute atomic E-state index is 0.147. The molecule has 3 nitrogen and oxygen atoms in total. The summed E-state index contributed by atoms with van der Waals surface area (Å²) in [5.74, 6) is 2.21. The molecule has 0 aromatic heterocycles. The van der Waals surface area contributed by atoms with E-state index in [0.717, 1.165) is 13.0 Å². The van der Waals surface area contributed by atoms with Crippen LogP contribution in [-0.4, -0.2) is 19.0 Å². The number of carbonyl (C=O) groups excluding carboxylic acids is 1. The highest BCUT2D eigenvalue weighted by molar-refractivity contribution is 5.76. The van der Waals surface area contributed by atoms with Gasteiger partial charge in [0.05, 0.1) is 0 Å². The third-order valence-corrected chi connectivity index (χ3v) is 3.37. The van der Waals surface area contributed by atoms with Crippen molar-refractivity contribution in [3.05, 3.63) is 0 Å². The zero-order chi connectivity index (χ0) is 13.4. The molecule has 0 spiro atoms. The second kappa shape index (κ2) is 8.51. The van der Waals surface area contributed by atoms with Gasteiger partial charge < -0.3 is 11.1 Å². The number of amides is 1. The molecule has 0 aliphatic heterocycles. The summed E-state index contributed by atoms with van der Waals surface area (Å²) in [6.45, 7) is 12.2. The van der Waals surface area contributed by atoms with Gasteiger partial charge >= 0.3 is 0 Å². The number of rotatable bonds is 8. The lowest BCUT2D eigenvalue weighted by atomic mass is 9.93. The summed E-state index contributed by atoms with van der Waals surface area (Å²) in [6.07, 6.45) is 1.60. The number of hydrogen-bond acceptors (Lipinski definition) is 2. The molecule has 0 fully saturated rings. The Morgan fingerprint density at radius 3 is 2.18 bits per heavy atom. The number of hydrogen-bond donors (Lipinski definition) is 2. The molecule has 2 unspecified atom stereocenters. The molecule has 1 amide bonds. The summed E-state index contributed by atoms with van der Waals surface area (Å²) in [5.41, 5.74) is 5.69. The van der Waals surface area contributed by atoms with Gasteiger partial charge in [0.25, 0.3) is 0 Å². The van der Waals surface area contributed by atoms with Crippen LogP contribution in [0, 0.1) is 23.7 Å². The summed E-state index contributed by atoms with van der Waals surface area (Å²) in [6, 6.07) is 0. The summed E-state index contributed by atoms with van der Waals surface area (Å²) >= 11 is 0. The van der Waals surface area contributed by atoms with E-state index in [-0.39, 0.29) is 5.91 Å². The van der Waals surface area contributed by atoms with Crippen LogP contribution >= 0.6 is 0 Å². The Morgan fingerprint density at radius 2 is 1.76 bits per heavy atom. The first-order valence-corrected chi connectivity index (χ1v) is 6.83. The SMILES string of the molecule is CC(C)CC(CN)CC(=O)NCC(C)C(C)C. The molecule has 0 aromatic rings. The normalized spacial score (nSPS) is 15.1. The maximum absolute atomic E-state index is 11.8. The molecule has 0 saturated carbocycles. The molecule has 0 aliphatic carbocycles. The monoisotopic (exact) mass is 242 g/mol. The average Bonchev–Trinajstić information content (AvgIpc) is 2.23. The fraction of sp³-hybridized carbons (Fsp3) is 0.929. The molecular weight excluding hydrogens is 212 g/mol. The fourth-order valence-corrected chi connectivity index (χ4v) is 1.77. The van der Waals surface area contributed by atoms with Crippen LogP contribution in [0.1, 0.15) is 47.5 Å². The van der Waals surface area contributed by atoms with Crippen LogP contribution in [0.25, 0.3) is 0 Å². The van der Waals surface area contributed by atoms with Gasteiger partial charge in [-0.1, -0.05) is 34.6 Å². The summed E-state index contributed by atoms with van der Waals surface area (Å²) in [7, 11) is 0. The van der Waals surface area contributed by atoms with E-state index >= 15 is 0 Å². The topological polar surface area (TPSA) is 55.1 Å². The highest BCUT2D eigenvalue weighted by Gasteiger charge is 2.15. The van der Waals surface area contributed by atoms with Crippen molar-refractivity contribution in [1.29, 1.82) is 0 Å². The summed E-state index contributed by atoms with van der Waals surface area (Å²) < 4.78 is 0. The number of carbonyl (C=O) groups is 1. The molecular formula is C14H30N2O. The van der Waals surface area contributed by atoms with Crippen molar-refractivity contribution in [2.24, 2.45) is 29.4 Å². The Bertz CT molecular complexity index is 214. The molecule has 2 atom stereocenters. The molecule has 0 aromatic carbocycles. The fourth-order valence-electron chi connectivity index (χ4n) is 1.77. The Labute approximate surface area is 107 Å². The van der Waals surface area contributed by atoms with Crippen LogP contribution in [0.5, 0.6) is 0 Å². The van der Waals surface area contributed by atoms with Crippen LogP contribution in [0.15, 0.2) is 0 Å². The van der Waals surface area contributed by atoms with Crippen LogP contribution < -0.4 is 11.1 Å². The second-order valence-electron chi connectivity index (χ2n) is 5.96. The Hall–Kier alpha value is -0.570. The van der Waals surface area contributed by atoms with Crippen molar-refractivity contribution in [1.82, 2.24) is 5.32 Å². The first-order chi connectivity index (χ1) is 7.86. The molecule has 0 rings (SSSR count). The summed E-state index contributed by atoms with van der Waals surface area (Å²) in [5, 5.41) is 3.01. The van der Waals surface area contributed by atoms with Gasteiger partial charge in [-0.05, 0) is 36.6 Å². The molecule has 0 saturated heterocycles. The standard InChI is InChI=1S/C14H30N2O/c1-10(2)6-13(8-15)7-14(17)16-9-12(5)11(3)4/h10-13H,6-9,15H2,1-5H3,(H,16,17). The van der Waals surface area contributed by atoms with Crippen LogP contribution in [0.3, 0.4) is 0 Å². The van der Waals surface area contributed by atoms with Crippen LogP contribution in [0.4, 0.5) is 0 Å². The van der Waals surface area contributed by atoms with Crippen molar-refractivity contribution in [3.8, 4) is 0 Å². The smallest absolute Gasteiger partial charge is 0.220 e. The van der Waals surface area contributed by atoms with Crippen molar-refractivity contribution in [2.75, 3.05) is 13.1 Å². The molecule has 3 heteroatoms. The zero-order valence-electron chi connectivity index (χ0n) is 12.1. The average molecular weight is 242 g/mol.